The van der Waals surface area contributed by atoms with Crippen LogP contribution in [0, 0.1) is 0 Å². The standard InChI is InChI=1S/C24H24F3N5O2/c25-24(26,27)34-19-8-4-5-16(13-19)20-14-21(31-22(33)15-9-11-17(28)12-10-15)32-23(30-20)29-18-6-2-1-3-7-18/h4-5,8-14,18H,1-3,6-7,28H2,(H2,29,30,31,32,33). The van der Waals surface area contributed by atoms with E-state index in [4.69, 9.17) is 5.73 Å². The van der Waals surface area contributed by atoms with Crippen LogP contribution in [0.25, 0.3) is 11.3 Å². The van der Waals surface area contributed by atoms with Crippen molar-refractivity contribution in [3.8, 4) is 17.0 Å². The zero-order chi connectivity index (χ0) is 24.1. The summed E-state index contributed by atoms with van der Waals surface area (Å²) in [6.45, 7) is 0. The summed E-state index contributed by atoms with van der Waals surface area (Å²) in [5, 5.41) is 6.04. The third kappa shape index (κ3) is 6.37. The number of aromatic nitrogens is 2. The van der Waals surface area contributed by atoms with Gasteiger partial charge in [0, 0.05) is 28.9 Å². The Morgan fingerprint density at radius 2 is 1.74 bits per heavy atom. The molecule has 4 N–H and O–H groups in total. The van der Waals surface area contributed by atoms with E-state index < -0.39 is 12.3 Å². The fourth-order valence-electron chi connectivity index (χ4n) is 3.83. The summed E-state index contributed by atoms with van der Waals surface area (Å²) in [4.78, 5) is 21.6. The number of carbonyl (C=O) groups excluding carboxylic acids is 1. The van der Waals surface area contributed by atoms with Gasteiger partial charge in [0.2, 0.25) is 5.95 Å². The average Bonchev–Trinajstić information content (AvgIpc) is 2.79. The maximum atomic E-state index is 12.7. The number of anilines is 3. The molecule has 7 nitrogen and oxygen atoms in total. The van der Waals surface area contributed by atoms with Crippen LogP contribution in [-0.2, 0) is 0 Å². The van der Waals surface area contributed by atoms with Crippen molar-refractivity contribution in [3.63, 3.8) is 0 Å². The Hall–Kier alpha value is -3.82. The maximum absolute atomic E-state index is 12.7. The number of ether oxygens (including phenoxy) is 1. The number of nitrogens with zero attached hydrogens (tertiary/aromatic N) is 2. The highest BCUT2D eigenvalue weighted by atomic mass is 19.4. The lowest BCUT2D eigenvalue weighted by atomic mass is 9.96. The van der Waals surface area contributed by atoms with Gasteiger partial charge in [-0.25, -0.2) is 4.98 Å². The highest BCUT2D eigenvalue weighted by Gasteiger charge is 2.31. The van der Waals surface area contributed by atoms with Crippen molar-refractivity contribution in [3.05, 3.63) is 60.2 Å². The molecular formula is C24H24F3N5O2. The Morgan fingerprint density at radius 3 is 2.44 bits per heavy atom. The summed E-state index contributed by atoms with van der Waals surface area (Å²) in [5.41, 5.74) is 7.33. The lowest BCUT2D eigenvalue weighted by Crippen LogP contribution is -2.24. The molecule has 0 spiro atoms. The number of alkyl halides is 3. The molecule has 10 heteroatoms. The zero-order valence-corrected chi connectivity index (χ0v) is 18.2. The van der Waals surface area contributed by atoms with Crippen LogP contribution in [0.15, 0.2) is 54.6 Å². The van der Waals surface area contributed by atoms with E-state index in [1.54, 1.807) is 30.3 Å². The van der Waals surface area contributed by atoms with Crippen LogP contribution in [0.2, 0.25) is 0 Å². The van der Waals surface area contributed by atoms with Crippen molar-refractivity contribution in [2.45, 2.75) is 44.5 Å². The van der Waals surface area contributed by atoms with Gasteiger partial charge in [0.15, 0.2) is 0 Å². The van der Waals surface area contributed by atoms with Crippen molar-refractivity contribution >= 4 is 23.4 Å². The van der Waals surface area contributed by atoms with E-state index in [2.05, 4.69) is 25.3 Å². The van der Waals surface area contributed by atoms with Crippen molar-refractivity contribution in [1.29, 1.82) is 0 Å². The molecule has 1 aliphatic rings. The molecule has 0 unspecified atom stereocenters. The van der Waals surface area contributed by atoms with E-state index in [1.165, 1.54) is 30.7 Å². The molecule has 34 heavy (non-hydrogen) atoms. The summed E-state index contributed by atoms with van der Waals surface area (Å²) >= 11 is 0. The number of hydrogen-bond donors (Lipinski definition) is 3. The Labute approximate surface area is 194 Å². The quantitative estimate of drug-likeness (QED) is 0.403. The molecule has 0 bridgehead atoms. The molecule has 178 valence electrons. The number of amides is 1. The molecule has 0 aliphatic heterocycles. The number of nitrogen functional groups attached to an aromatic ring is 1. The average molecular weight is 471 g/mol. The van der Waals surface area contributed by atoms with Gasteiger partial charge in [-0.15, -0.1) is 13.2 Å². The Bertz CT molecular complexity index is 1150. The van der Waals surface area contributed by atoms with Crippen LogP contribution >= 0.6 is 0 Å². The highest BCUT2D eigenvalue weighted by Crippen LogP contribution is 2.29. The smallest absolute Gasteiger partial charge is 0.406 e. The molecule has 4 rings (SSSR count). The monoisotopic (exact) mass is 471 g/mol. The molecule has 1 aromatic heterocycles. The van der Waals surface area contributed by atoms with Gasteiger partial charge in [0.05, 0.1) is 5.69 Å². The molecule has 0 saturated heterocycles. The highest BCUT2D eigenvalue weighted by molar-refractivity contribution is 6.04. The number of hydrogen-bond acceptors (Lipinski definition) is 6. The second kappa shape index (κ2) is 9.98. The van der Waals surface area contributed by atoms with Gasteiger partial charge in [-0.05, 0) is 49.2 Å². The molecule has 3 aromatic rings. The van der Waals surface area contributed by atoms with Gasteiger partial charge >= 0.3 is 6.36 Å². The predicted octanol–water partition coefficient (Wildman–Crippen LogP) is 5.62. The van der Waals surface area contributed by atoms with Crippen molar-refractivity contribution in [2.75, 3.05) is 16.4 Å². The van der Waals surface area contributed by atoms with Gasteiger partial charge in [0.25, 0.3) is 5.91 Å². The summed E-state index contributed by atoms with van der Waals surface area (Å²) in [5.74, 6) is -0.258. The number of benzene rings is 2. The fraction of sp³-hybridized carbons (Fsp3) is 0.292. The maximum Gasteiger partial charge on any atom is 0.573 e. The second-order valence-corrected chi connectivity index (χ2v) is 8.09. The number of nitrogens with one attached hydrogen (secondary N) is 2. The summed E-state index contributed by atoms with van der Waals surface area (Å²) < 4.78 is 42.1. The second-order valence-electron chi connectivity index (χ2n) is 8.09. The first-order valence-corrected chi connectivity index (χ1v) is 10.9. The third-order valence-corrected chi connectivity index (χ3v) is 5.44. The van der Waals surface area contributed by atoms with Crippen LogP contribution in [0.4, 0.5) is 30.6 Å². The molecule has 0 radical (unpaired) electrons. The molecule has 1 amide bonds. The largest absolute Gasteiger partial charge is 0.573 e. The minimum atomic E-state index is -4.81. The van der Waals surface area contributed by atoms with Crippen LogP contribution < -0.4 is 21.1 Å². The lowest BCUT2D eigenvalue weighted by Gasteiger charge is -2.23. The third-order valence-electron chi connectivity index (χ3n) is 5.44. The Morgan fingerprint density at radius 1 is 1.00 bits per heavy atom. The topological polar surface area (TPSA) is 102 Å². The molecule has 0 atom stereocenters. The van der Waals surface area contributed by atoms with E-state index in [9.17, 15) is 18.0 Å². The molecular weight excluding hydrogens is 447 g/mol. The first kappa shape index (κ1) is 23.3. The summed E-state index contributed by atoms with van der Waals surface area (Å²) in [6, 6.07) is 13.6. The van der Waals surface area contributed by atoms with Crippen LogP contribution in [0.1, 0.15) is 42.5 Å². The summed E-state index contributed by atoms with van der Waals surface area (Å²) in [7, 11) is 0. The van der Waals surface area contributed by atoms with Crippen LogP contribution in [0.5, 0.6) is 5.75 Å². The van der Waals surface area contributed by atoms with Gasteiger partial charge in [0.1, 0.15) is 11.6 Å². The first-order chi connectivity index (χ1) is 16.2. The van der Waals surface area contributed by atoms with Crippen LogP contribution in [-0.4, -0.2) is 28.3 Å². The molecule has 1 heterocycles. The summed E-state index contributed by atoms with van der Waals surface area (Å²) in [6.07, 6.45) is 0.485. The van der Waals surface area contributed by atoms with E-state index >= 15 is 0 Å². The molecule has 1 fully saturated rings. The first-order valence-electron chi connectivity index (χ1n) is 10.9. The SMILES string of the molecule is Nc1ccc(C(=O)Nc2cc(-c3cccc(OC(F)(F)F)c3)nc(NC3CCCCC3)n2)cc1. The lowest BCUT2D eigenvalue weighted by molar-refractivity contribution is -0.274. The van der Waals surface area contributed by atoms with E-state index in [0.29, 0.717) is 28.5 Å². The van der Waals surface area contributed by atoms with E-state index in [1.807, 2.05) is 0 Å². The molecule has 2 aromatic carbocycles. The number of halogens is 3. The van der Waals surface area contributed by atoms with Crippen molar-refractivity contribution in [1.82, 2.24) is 9.97 Å². The van der Waals surface area contributed by atoms with Gasteiger partial charge in [-0.3, -0.25) is 4.79 Å². The molecule has 1 saturated carbocycles. The van der Waals surface area contributed by atoms with Crippen molar-refractivity contribution in [2.24, 2.45) is 0 Å². The molecule has 1 aliphatic carbocycles. The van der Waals surface area contributed by atoms with Gasteiger partial charge in [-0.2, -0.15) is 4.98 Å². The van der Waals surface area contributed by atoms with E-state index in [0.717, 1.165) is 25.7 Å². The minimum absolute atomic E-state index is 0.185. The van der Waals surface area contributed by atoms with Gasteiger partial charge < -0.3 is 21.1 Å². The fourth-order valence-corrected chi connectivity index (χ4v) is 3.83. The van der Waals surface area contributed by atoms with E-state index in [-0.39, 0.29) is 17.6 Å². The predicted molar refractivity (Wildman–Crippen MR) is 123 cm³/mol. The number of carbonyl (C=O) groups is 1. The normalized spacial score (nSPS) is 14.4. The van der Waals surface area contributed by atoms with Crippen LogP contribution in [0.3, 0.4) is 0 Å². The number of nitrogens with two attached hydrogens (primary N) is 1. The van der Waals surface area contributed by atoms with Gasteiger partial charge in [-0.1, -0.05) is 31.4 Å². The minimum Gasteiger partial charge on any atom is -0.406 e. The zero-order valence-electron chi connectivity index (χ0n) is 18.2. The number of rotatable bonds is 6. The van der Waals surface area contributed by atoms with Crippen molar-refractivity contribution < 1.29 is 22.7 Å². The Balaban J connectivity index is 1.65. The Kier molecular flexibility index (Phi) is 6.85.